The number of likely N-dealkylation sites (tertiary alicyclic amines) is 1. The molecule has 4 rings (SSSR count). The molecule has 2 heterocycles. The Hall–Kier alpha value is -2.55. The van der Waals surface area contributed by atoms with Crippen LogP contribution in [0.3, 0.4) is 0 Å². The smallest absolute Gasteiger partial charge is 0.329 e. The number of aromatic nitrogens is 2. The lowest BCUT2D eigenvalue weighted by atomic mass is 10.1. The number of ether oxygens (including phenoxy) is 1. The van der Waals surface area contributed by atoms with Gasteiger partial charge >= 0.3 is 5.97 Å². The molecule has 196 valence electrons. The van der Waals surface area contributed by atoms with Crippen LogP contribution in [0, 0.1) is 0 Å². The van der Waals surface area contributed by atoms with Gasteiger partial charge < -0.3 is 9.64 Å². The normalized spacial score (nSPS) is 16.7. The van der Waals surface area contributed by atoms with Crippen molar-refractivity contribution in [1.82, 2.24) is 14.5 Å². The van der Waals surface area contributed by atoms with Crippen molar-refractivity contribution in [3.8, 4) is 0 Å². The van der Waals surface area contributed by atoms with Crippen LogP contribution in [0.5, 0.6) is 0 Å². The summed E-state index contributed by atoms with van der Waals surface area (Å²) in [6, 6.07) is 11.7. The minimum Gasteiger partial charge on any atom is -0.458 e. The fourth-order valence-corrected chi connectivity index (χ4v) is 5.91. The molecule has 3 aromatic rings. The molecule has 1 aliphatic rings. The molecule has 37 heavy (non-hydrogen) atoms. The van der Waals surface area contributed by atoms with E-state index in [-0.39, 0.29) is 16.5 Å². The van der Waals surface area contributed by atoms with Gasteiger partial charge in [-0.3, -0.25) is 14.2 Å². The predicted molar refractivity (Wildman–Crippen MR) is 147 cm³/mol. The van der Waals surface area contributed by atoms with E-state index in [1.54, 1.807) is 11.0 Å². The molecule has 0 saturated carbocycles. The maximum Gasteiger partial charge on any atom is 0.329 e. The van der Waals surface area contributed by atoms with Crippen LogP contribution in [-0.2, 0) is 20.9 Å². The molecule has 0 aliphatic carbocycles. The molecular weight excluding hydrogens is 533 g/mol. The zero-order valence-corrected chi connectivity index (χ0v) is 23.5. The number of halogens is 2. The van der Waals surface area contributed by atoms with Crippen LogP contribution in [0.25, 0.3) is 10.9 Å². The summed E-state index contributed by atoms with van der Waals surface area (Å²) in [5.41, 5.74) is 0.232. The van der Waals surface area contributed by atoms with E-state index in [9.17, 15) is 14.4 Å². The quantitative estimate of drug-likeness (QED) is 0.212. The summed E-state index contributed by atoms with van der Waals surface area (Å²) in [5.74, 6) is -0.633. The van der Waals surface area contributed by atoms with Gasteiger partial charge in [0.1, 0.15) is 16.9 Å². The lowest BCUT2D eigenvalue weighted by Crippen LogP contribution is -2.45. The summed E-state index contributed by atoms with van der Waals surface area (Å²) < 4.78 is 7.13. The number of rotatable bonds is 6. The Morgan fingerprint density at radius 2 is 1.84 bits per heavy atom. The average Bonchev–Trinajstić information content (AvgIpc) is 3.33. The van der Waals surface area contributed by atoms with Gasteiger partial charge in [-0.2, -0.15) is 0 Å². The van der Waals surface area contributed by atoms with Gasteiger partial charge in [-0.25, -0.2) is 9.78 Å². The highest BCUT2D eigenvalue weighted by Gasteiger charge is 2.40. The molecule has 1 aromatic heterocycles. The molecule has 1 amide bonds. The number of esters is 1. The summed E-state index contributed by atoms with van der Waals surface area (Å²) in [6.07, 6.45) is 1.24. The zero-order chi connectivity index (χ0) is 26.9. The minimum absolute atomic E-state index is 0.226. The predicted octanol–water partition coefficient (Wildman–Crippen LogP) is 5.89. The van der Waals surface area contributed by atoms with Crippen LogP contribution in [0.15, 0.2) is 52.4 Å². The number of hydrogen-bond acceptors (Lipinski definition) is 6. The monoisotopic (exact) mass is 561 g/mol. The van der Waals surface area contributed by atoms with E-state index in [2.05, 4.69) is 0 Å². The second-order valence-corrected chi connectivity index (χ2v) is 11.7. The molecule has 0 bridgehead atoms. The Balaban J connectivity index is 1.75. The van der Waals surface area contributed by atoms with Gasteiger partial charge in [0.2, 0.25) is 5.91 Å². The number of amides is 1. The fourth-order valence-electron chi connectivity index (χ4n) is 4.35. The number of hydrogen-bond donors (Lipinski definition) is 0. The molecule has 0 spiro atoms. The number of thioether (sulfide) groups is 1. The molecule has 10 heteroatoms. The van der Waals surface area contributed by atoms with Gasteiger partial charge in [-0.15, -0.1) is 0 Å². The first kappa shape index (κ1) is 27.5. The molecule has 0 radical (unpaired) electrons. The molecule has 1 fully saturated rings. The van der Waals surface area contributed by atoms with Crippen molar-refractivity contribution < 1.29 is 14.3 Å². The van der Waals surface area contributed by atoms with E-state index in [1.807, 2.05) is 58.0 Å². The molecular formula is C27H29Cl2N3O4S. The third-order valence-electron chi connectivity index (χ3n) is 6.04. The van der Waals surface area contributed by atoms with Crippen molar-refractivity contribution in [2.45, 2.75) is 69.1 Å². The third-order valence-corrected chi connectivity index (χ3v) is 8.00. The Morgan fingerprint density at radius 3 is 2.49 bits per heavy atom. The number of benzene rings is 2. The van der Waals surface area contributed by atoms with Gasteiger partial charge in [0.15, 0.2) is 5.16 Å². The highest BCUT2D eigenvalue weighted by molar-refractivity contribution is 8.00. The van der Waals surface area contributed by atoms with Crippen LogP contribution in [0.4, 0.5) is 0 Å². The lowest BCUT2D eigenvalue weighted by Gasteiger charge is -2.30. The first-order valence-electron chi connectivity index (χ1n) is 12.1. The Kier molecular flexibility index (Phi) is 8.21. The maximum absolute atomic E-state index is 14.0. The molecule has 0 N–H and O–H groups in total. The van der Waals surface area contributed by atoms with E-state index in [0.29, 0.717) is 47.0 Å². The highest BCUT2D eigenvalue weighted by atomic mass is 35.5. The van der Waals surface area contributed by atoms with Crippen molar-refractivity contribution in [1.29, 1.82) is 0 Å². The molecule has 2 aromatic carbocycles. The van der Waals surface area contributed by atoms with Gasteiger partial charge in [-0.1, -0.05) is 65.3 Å². The third kappa shape index (κ3) is 5.97. The molecule has 7 nitrogen and oxygen atoms in total. The summed E-state index contributed by atoms with van der Waals surface area (Å²) >= 11 is 13.5. The standard InChI is InChI=1S/C27H29Cl2N3O4S/c1-5-31-23(33)17-14-18(28)19(29)15-20(17)30-26(31)37-22(16-10-7-6-8-11-16)24(34)32-13-9-12-21(32)25(35)36-27(2,3)4/h6-8,10-11,14-15,21-22H,5,9,12-13H2,1-4H3/t21-,22?/m1/s1. The van der Waals surface area contributed by atoms with Gasteiger partial charge in [0.25, 0.3) is 5.56 Å². The number of carbonyl (C=O) groups excluding carboxylic acids is 2. The molecule has 1 aliphatic heterocycles. The van der Waals surface area contributed by atoms with Crippen LogP contribution in [-0.4, -0.2) is 44.5 Å². The van der Waals surface area contributed by atoms with Crippen LogP contribution in [0.1, 0.15) is 51.3 Å². The van der Waals surface area contributed by atoms with E-state index < -0.39 is 22.9 Å². The van der Waals surface area contributed by atoms with Crippen molar-refractivity contribution in [2.24, 2.45) is 0 Å². The molecule has 2 atom stereocenters. The van der Waals surface area contributed by atoms with Crippen LogP contribution >= 0.6 is 35.0 Å². The van der Waals surface area contributed by atoms with Crippen LogP contribution < -0.4 is 5.56 Å². The molecule has 1 saturated heterocycles. The minimum atomic E-state index is -0.728. The summed E-state index contributed by atoms with van der Waals surface area (Å²) in [4.78, 5) is 46.6. The van der Waals surface area contributed by atoms with Gasteiger partial charge in [0.05, 0.1) is 20.9 Å². The van der Waals surface area contributed by atoms with Crippen molar-refractivity contribution >= 4 is 57.7 Å². The van der Waals surface area contributed by atoms with E-state index in [1.165, 1.54) is 22.4 Å². The van der Waals surface area contributed by atoms with Gasteiger partial charge in [0, 0.05) is 13.1 Å². The van der Waals surface area contributed by atoms with Crippen molar-refractivity contribution in [3.05, 3.63) is 68.4 Å². The van der Waals surface area contributed by atoms with E-state index in [0.717, 1.165) is 5.56 Å². The van der Waals surface area contributed by atoms with Crippen molar-refractivity contribution in [2.75, 3.05) is 6.54 Å². The van der Waals surface area contributed by atoms with Gasteiger partial charge in [-0.05, 0) is 58.2 Å². The van der Waals surface area contributed by atoms with Crippen molar-refractivity contribution in [3.63, 3.8) is 0 Å². The largest absolute Gasteiger partial charge is 0.458 e. The first-order valence-corrected chi connectivity index (χ1v) is 13.8. The SMILES string of the molecule is CCn1c(SC(C(=O)N2CCC[C@@H]2C(=O)OC(C)(C)C)c2ccccc2)nc2cc(Cl)c(Cl)cc2c1=O. The molecule has 1 unspecified atom stereocenters. The van der Waals surface area contributed by atoms with E-state index >= 15 is 0 Å². The Bertz CT molecular complexity index is 1390. The Morgan fingerprint density at radius 1 is 1.16 bits per heavy atom. The number of fused-ring (bicyclic) bond motifs is 1. The number of nitrogens with zero attached hydrogens (tertiary/aromatic N) is 3. The number of carbonyl (C=O) groups is 2. The second kappa shape index (κ2) is 11.1. The average molecular weight is 563 g/mol. The summed E-state index contributed by atoms with van der Waals surface area (Å²) in [5, 5.41) is 0.574. The highest BCUT2D eigenvalue weighted by Crippen LogP contribution is 2.38. The first-order chi connectivity index (χ1) is 17.5. The fraction of sp³-hybridized carbons (Fsp3) is 0.407. The van der Waals surface area contributed by atoms with E-state index in [4.69, 9.17) is 32.9 Å². The summed E-state index contributed by atoms with van der Waals surface area (Å²) in [6.45, 7) is 8.07. The van der Waals surface area contributed by atoms with Crippen LogP contribution in [0.2, 0.25) is 10.0 Å². The lowest BCUT2D eigenvalue weighted by molar-refractivity contribution is -0.163. The summed E-state index contributed by atoms with van der Waals surface area (Å²) in [7, 11) is 0. The topological polar surface area (TPSA) is 81.5 Å². The zero-order valence-electron chi connectivity index (χ0n) is 21.2. The maximum atomic E-state index is 14.0. The second-order valence-electron chi connectivity index (χ2n) is 9.86. The Labute approximate surface area is 230 Å².